The highest BCUT2D eigenvalue weighted by Crippen LogP contribution is 2.18. The number of hydrogen-bond donors (Lipinski definition) is 1. The number of anilines is 1. The van der Waals surface area contributed by atoms with E-state index in [0.717, 1.165) is 10.5 Å². The van der Waals surface area contributed by atoms with Crippen molar-refractivity contribution >= 4 is 17.7 Å². The Balaban J connectivity index is 2.08. The molecule has 1 N–H and O–H groups in total. The molecule has 1 heterocycles. The average molecular weight is 286 g/mol. The molecule has 6 heteroatoms. The minimum atomic E-state index is -1.13. The normalized spacial score (nSPS) is 9.95. The van der Waals surface area contributed by atoms with Gasteiger partial charge >= 0.3 is 12.1 Å². The van der Waals surface area contributed by atoms with Gasteiger partial charge < -0.3 is 9.84 Å². The van der Waals surface area contributed by atoms with Crippen LogP contribution in [0.3, 0.4) is 0 Å². The lowest BCUT2D eigenvalue weighted by Crippen LogP contribution is -2.28. The van der Waals surface area contributed by atoms with Crippen molar-refractivity contribution in [2.45, 2.75) is 6.61 Å². The summed E-state index contributed by atoms with van der Waals surface area (Å²) in [6, 6.07) is 10.6. The number of amides is 1. The van der Waals surface area contributed by atoms with Crippen molar-refractivity contribution < 1.29 is 19.4 Å². The molecule has 0 radical (unpaired) electrons. The maximum Gasteiger partial charge on any atom is 0.414 e. The van der Waals surface area contributed by atoms with Crippen molar-refractivity contribution in [2.75, 3.05) is 11.9 Å². The Labute approximate surface area is 121 Å². The highest BCUT2D eigenvalue weighted by atomic mass is 16.6. The molecule has 0 fully saturated rings. The highest BCUT2D eigenvalue weighted by molar-refractivity contribution is 5.99. The van der Waals surface area contributed by atoms with Crippen molar-refractivity contribution in [2.24, 2.45) is 0 Å². The third kappa shape index (κ3) is 3.56. The second-order valence-electron chi connectivity index (χ2n) is 4.30. The lowest BCUT2D eigenvalue weighted by molar-refractivity contribution is 0.0697. The molecule has 0 spiro atoms. The number of nitrogens with zero attached hydrogens (tertiary/aromatic N) is 2. The number of rotatable bonds is 4. The minimum Gasteiger partial charge on any atom is -0.478 e. The van der Waals surface area contributed by atoms with Crippen LogP contribution in [0.25, 0.3) is 0 Å². The first-order valence-electron chi connectivity index (χ1n) is 6.21. The van der Waals surface area contributed by atoms with Crippen molar-refractivity contribution in [3.8, 4) is 0 Å². The van der Waals surface area contributed by atoms with Crippen LogP contribution in [0.5, 0.6) is 0 Å². The summed E-state index contributed by atoms with van der Waals surface area (Å²) in [5.74, 6) is -1.13. The highest BCUT2D eigenvalue weighted by Gasteiger charge is 2.19. The summed E-state index contributed by atoms with van der Waals surface area (Å²) in [7, 11) is 1.44. The Hall–Kier alpha value is -2.89. The van der Waals surface area contributed by atoms with Crippen LogP contribution in [0.4, 0.5) is 10.5 Å². The maximum atomic E-state index is 12.0. The van der Waals surface area contributed by atoms with Crippen LogP contribution >= 0.6 is 0 Å². The molecule has 1 aromatic heterocycles. The van der Waals surface area contributed by atoms with Gasteiger partial charge in [-0.15, -0.1) is 0 Å². The Morgan fingerprint density at radius 2 is 1.95 bits per heavy atom. The number of carboxylic acids is 1. The predicted molar refractivity (Wildman–Crippen MR) is 76.2 cm³/mol. The third-order valence-corrected chi connectivity index (χ3v) is 2.87. The van der Waals surface area contributed by atoms with E-state index in [1.54, 1.807) is 0 Å². The van der Waals surface area contributed by atoms with Crippen molar-refractivity contribution in [3.63, 3.8) is 0 Å². The fourth-order valence-corrected chi connectivity index (χ4v) is 1.75. The average Bonchev–Trinajstić information content (AvgIpc) is 2.52. The molecule has 0 aliphatic carbocycles. The summed E-state index contributed by atoms with van der Waals surface area (Å²) < 4.78 is 5.15. The van der Waals surface area contributed by atoms with Gasteiger partial charge in [0, 0.05) is 13.2 Å². The van der Waals surface area contributed by atoms with Crippen LogP contribution < -0.4 is 4.90 Å². The zero-order valence-electron chi connectivity index (χ0n) is 11.4. The molecule has 6 nitrogen and oxygen atoms in total. The number of carboxylic acid groups (broad SMARTS) is 1. The minimum absolute atomic E-state index is 0.0100. The molecule has 21 heavy (non-hydrogen) atoms. The third-order valence-electron chi connectivity index (χ3n) is 2.87. The van der Waals surface area contributed by atoms with Crippen LogP contribution in [0.2, 0.25) is 0 Å². The number of benzene rings is 1. The van der Waals surface area contributed by atoms with Gasteiger partial charge in [-0.3, -0.25) is 9.88 Å². The van der Waals surface area contributed by atoms with Gasteiger partial charge in [-0.25, -0.2) is 9.59 Å². The Kier molecular flexibility index (Phi) is 4.50. The molecular formula is C15H14N2O4. The van der Waals surface area contributed by atoms with Gasteiger partial charge in [0.15, 0.2) is 0 Å². The summed E-state index contributed by atoms with van der Waals surface area (Å²) in [5, 5.41) is 9.10. The van der Waals surface area contributed by atoms with E-state index < -0.39 is 12.1 Å². The summed E-state index contributed by atoms with van der Waals surface area (Å²) >= 11 is 0. The molecule has 0 unspecified atom stereocenters. The first-order valence-corrected chi connectivity index (χ1v) is 6.21. The lowest BCUT2D eigenvalue weighted by Gasteiger charge is -2.18. The van der Waals surface area contributed by atoms with E-state index in [2.05, 4.69) is 4.98 Å². The quantitative estimate of drug-likeness (QED) is 0.934. The van der Waals surface area contributed by atoms with Gasteiger partial charge in [-0.2, -0.15) is 0 Å². The predicted octanol–water partition coefficient (Wildman–Crippen LogP) is 2.55. The Morgan fingerprint density at radius 1 is 1.24 bits per heavy atom. The zero-order chi connectivity index (χ0) is 15.2. The summed E-state index contributed by atoms with van der Waals surface area (Å²) in [5.41, 5.74) is 1.02. The molecule has 0 aliphatic rings. The van der Waals surface area contributed by atoms with Crippen molar-refractivity contribution in [1.29, 1.82) is 0 Å². The van der Waals surface area contributed by atoms with E-state index in [-0.39, 0.29) is 17.9 Å². The van der Waals surface area contributed by atoms with E-state index in [1.807, 2.05) is 30.3 Å². The number of carbonyl (C=O) groups excluding carboxylic acids is 1. The molecule has 0 atom stereocenters. The summed E-state index contributed by atoms with van der Waals surface area (Å²) in [4.78, 5) is 28.1. The van der Waals surface area contributed by atoms with Crippen LogP contribution in [0.1, 0.15) is 15.9 Å². The molecule has 2 aromatic rings. The fourth-order valence-electron chi connectivity index (χ4n) is 1.75. The molecule has 0 aliphatic heterocycles. The van der Waals surface area contributed by atoms with E-state index >= 15 is 0 Å². The van der Waals surface area contributed by atoms with Crippen molar-refractivity contribution in [3.05, 3.63) is 59.9 Å². The van der Waals surface area contributed by atoms with Crippen LogP contribution in [-0.4, -0.2) is 29.2 Å². The van der Waals surface area contributed by atoms with E-state index in [4.69, 9.17) is 9.84 Å². The number of aromatic nitrogens is 1. The van der Waals surface area contributed by atoms with Gasteiger partial charge in [0.2, 0.25) is 0 Å². The maximum absolute atomic E-state index is 12.0. The zero-order valence-corrected chi connectivity index (χ0v) is 11.4. The monoisotopic (exact) mass is 286 g/mol. The smallest absolute Gasteiger partial charge is 0.414 e. The van der Waals surface area contributed by atoms with Crippen LogP contribution in [0, 0.1) is 0 Å². The molecule has 2 rings (SSSR count). The number of ether oxygens (including phenoxy) is 1. The summed E-state index contributed by atoms with van der Waals surface area (Å²) in [6.07, 6.45) is 2.03. The van der Waals surface area contributed by atoms with Gasteiger partial charge in [0.25, 0.3) is 0 Å². The molecule has 1 aromatic carbocycles. The van der Waals surface area contributed by atoms with Crippen molar-refractivity contribution in [1.82, 2.24) is 4.98 Å². The number of pyridine rings is 1. The Bertz CT molecular complexity index is 643. The first-order chi connectivity index (χ1) is 10.1. The van der Waals surface area contributed by atoms with Gasteiger partial charge in [-0.05, 0) is 11.6 Å². The lowest BCUT2D eigenvalue weighted by atomic mass is 10.2. The number of aromatic carboxylic acids is 1. The molecule has 0 bridgehead atoms. The molecule has 108 valence electrons. The SMILES string of the molecule is CN(C(=O)OCc1ccccc1)c1cnccc1C(=O)O. The van der Waals surface area contributed by atoms with E-state index in [1.165, 1.54) is 25.5 Å². The summed E-state index contributed by atoms with van der Waals surface area (Å²) in [6.45, 7) is 0.118. The van der Waals surface area contributed by atoms with Gasteiger partial charge in [-0.1, -0.05) is 30.3 Å². The fraction of sp³-hybridized carbons (Fsp3) is 0.133. The topological polar surface area (TPSA) is 79.7 Å². The molecule has 1 amide bonds. The van der Waals surface area contributed by atoms with E-state index in [0.29, 0.717) is 0 Å². The number of carbonyl (C=O) groups is 2. The van der Waals surface area contributed by atoms with E-state index in [9.17, 15) is 9.59 Å². The van der Waals surface area contributed by atoms with Crippen LogP contribution in [-0.2, 0) is 11.3 Å². The second kappa shape index (κ2) is 6.51. The van der Waals surface area contributed by atoms with Gasteiger partial charge in [0.1, 0.15) is 6.61 Å². The second-order valence-corrected chi connectivity index (χ2v) is 4.30. The molecule has 0 saturated heterocycles. The molecule has 0 saturated carbocycles. The largest absolute Gasteiger partial charge is 0.478 e. The van der Waals surface area contributed by atoms with Crippen LogP contribution in [0.15, 0.2) is 48.8 Å². The number of hydrogen-bond acceptors (Lipinski definition) is 4. The van der Waals surface area contributed by atoms with Gasteiger partial charge in [0.05, 0.1) is 17.4 Å². The Morgan fingerprint density at radius 3 is 2.62 bits per heavy atom. The standard InChI is InChI=1S/C15H14N2O4/c1-17(13-9-16-8-7-12(13)14(18)19)15(20)21-10-11-5-3-2-4-6-11/h2-9H,10H2,1H3,(H,18,19). The molecular weight excluding hydrogens is 272 g/mol. The first kappa shape index (κ1) is 14.5.